The molecule has 0 aliphatic rings. The van der Waals surface area contributed by atoms with Gasteiger partial charge in [0.25, 0.3) is 0 Å². The molecule has 3 aromatic rings. The zero-order valence-corrected chi connectivity index (χ0v) is 8.37. The highest BCUT2D eigenvalue weighted by Gasteiger charge is 2.08. The summed E-state index contributed by atoms with van der Waals surface area (Å²) in [6.07, 6.45) is 6.93. The van der Waals surface area contributed by atoms with Gasteiger partial charge in [-0.05, 0) is 6.07 Å². The molecule has 0 aliphatic heterocycles. The molecule has 0 radical (unpaired) electrons. The molecule has 78 valence electrons. The van der Waals surface area contributed by atoms with Crippen LogP contribution in [0, 0.1) is 11.3 Å². The number of furan rings is 1. The third-order valence-corrected chi connectivity index (χ3v) is 2.46. The maximum Gasteiger partial charge on any atom is 0.137 e. The number of aromatic nitrogens is 3. The molecule has 5 heteroatoms. The van der Waals surface area contributed by atoms with E-state index in [4.69, 9.17) is 9.68 Å². The van der Waals surface area contributed by atoms with Gasteiger partial charge in [0, 0.05) is 24.0 Å². The van der Waals surface area contributed by atoms with E-state index in [1.807, 2.05) is 29.1 Å². The molecule has 0 amide bonds. The van der Waals surface area contributed by atoms with Gasteiger partial charge in [0.1, 0.15) is 12.2 Å². The number of hydrogen-bond donors (Lipinski definition) is 0. The fraction of sp³-hybridized carbons (Fsp3) is 0.0909. The first kappa shape index (κ1) is 8.80. The van der Waals surface area contributed by atoms with Crippen LogP contribution in [0.5, 0.6) is 0 Å². The number of rotatable bonds is 2. The molecule has 3 rings (SSSR count). The Bertz CT molecular complexity index is 654. The lowest BCUT2D eigenvalue weighted by atomic mass is 10.2. The predicted molar refractivity (Wildman–Crippen MR) is 56.5 cm³/mol. The van der Waals surface area contributed by atoms with E-state index in [-0.39, 0.29) is 0 Å². The summed E-state index contributed by atoms with van der Waals surface area (Å²) < 4.78 is 8.60. The molecule has 5 nitrogen and oxygen atoms in total. The van der Waals surface area contributed by atoms with Crippen molar-refractivity contribution in [2.24, 2.45) is 0 Å². The second-order valence-corrected chi connectivity index (χ2v) is 3.43. The lowest BCUT2D eigenvalue weighted by Gasteiger charge is -1.91. The normalized spacial score (nSPS) is 10.7. The molecule has 0 fully saturated rings. The minimum absolute atomic E-state index is 0.326. The summed E-state index contributed by atoms with van der Waals surface area (Å²) in [5.41, 5.74) is 2.68. The average Bonchev–Trinajstić information content (AvgIpc) is 2.93. The lowest BCUT2D eigenvalue weighted by molar-refractivity contribution is 0.568. The first-order chi connectivity index (χ1) is 7.88. The van der Waals surface area contributed by atoms with Gasteiger partial charge in [0.05, 0.1) is 24.3 Å². The molecule has 0 aromatic carbocycles. The number of hydrogen-bond acceptors (Lipinski definition) is 3. The number of nitriles is 1. The van der Waals surface area contributed by atoms with Crippen molar-refractivity contribution in [3.8, 4) is 17.3 Å². The summed E-state index contributed by atoms with van der Waals surface area (Å²) in [6.45, 7) is 0.326. The zero-order valence-electron chi connectivity index (χ0n) is 8.37. The fourth-order valence-corrected chi connectivity index (χ4v) is 1.69. The number of nitrogens with zero attached hydrogens (tertiary/aromatic N) is 4. The Morgan fingerprint density at radius 3 is 3.12 bits per heavy atom. The summed E-state index contributed by atoms with van der Waals surface area (Å²) in [5.74, 6) is 0. The minimum Gasteiger partial charge on any atom is -0.472 e. The molecule has 0 saturated heterocycles. The van der Waals surface area contributed by atoms with Gasteiger partial charge in [0.15, 0.2) is 0 Å². The van der Waals surface area contributed by atoms with Crippen LogP contribution in [0.25, 0.3) is 16.9 Å². The van der Waals surface area contributed by atoms with E-state index in [1.54, 1.807) is 17.0 Å². The van der Waals surface area contributed by atoms with E-state index in [0.29, 0.717) is 6.54 Å². The third kappa shape index (κ3) is 1.21. The summed E-state index contributed by atoms with van der Waals surface area (Å²) in [5, 5.41) is 13.1. The Labute approximate surface area is 91.1 Å². The summed E-state index contributed by atoms with van der Waals surface area (Å²) >= 11 is 0. The van der Waals surface area contributed by atoms with E-state index in [9.17, 15) is 0 Å². The van der Waals surface area contributed by atoms with Gasteiger partial charge in [0.2, 0.25) is 0 Å². The summed E-state index contributed by atoms with van der Waals surface area (Å²) in [7, 11) is 0. The molecule has 0 N–H and O–H groups in total. The van der Waals surface area contributed by atoms with Crippen LogP contribution in [-0.4, -0.2) is 14.2 Å². The Morgan fingerprint density at radius 1 is 1.44 bits per heavy atom. The van der Waals surface area contributed by atoms with Crippen LogP contribution < -0.4 is 0 Å². The maximum atomic E-state index is 8.67. The highest BCUT2D eigenvalue weighted by Crippen LogP contribution is 2.20. The van der Waals surface area contributed by atoms with Gasteiger partial charge in [-0.15, -0.1) is 0 Å². The highest BCUT2D eigenvalue weighted by molar-refractivity contribution is 5.63. The second kappa shape index (κ2) is 3.28. The SMILES string of the molecule is N#CCn1ccn2nc(-c3ccoc3)cc12. The molecular formula is C11H8N4O. The largest absolute Gasteiger partial charge is 0.472 e. The number of fused-ring (bicyclic) bond motifs is 1. The lowest BCUT2D eigenvalue weighted by Crippen LogP contribution is -1.92. The zero-order chi connectivity index (χ0) is 11.0. The monoisotopic (exact) mass is 212 g/mol. The van der Waals surface area contributed by atoms with Gasteiger partial charge >= 0.3 is 0 Å². The van der Waals surface area contributed by atoms with Crippen LogP contribution in [0.4, 0.5) is 0 Å². The van der Waals surface area contributed by atoms with Crippen LogP contribution in [0.1, 0.15) is 0 Å². The Kier molecular flexibility index (Phi) is 1.80. The molecule has 16 heavy (non-hydrogen) atoms. The molecule has 0 saturated carbocycles. The smallest absolute Gasteiger partial charge is 0.137 e. The topological polar surface area (TPSA) is 59.2 Å². The van der Waals surface area contributed by atoms with Crippen molar-refractivity contribution < 1.29 is 4.42 Å². The van der Waals surface area contributed by atoms with Crippen molar-refractivity contribution in [1.29, 1.82) is 5.26 Å². The van der Waals surface area contributed by atoms with E-state index < -0.39 is 0 Å². The molecular weight excluding hydrogens is 204 g/mol. The predicted octanol–water partition coefficient (Wildman–Crippen LogP) is 1.92. The van der Waals surface area contributed by atoms with Crippen molar-refractivity contribution >= 4 is 5.65 Å². The van der Waals surface area contributed by atoms with Crippen molar-refractivity contribution in [2.75, 3.05) is 0 Å². The second-order valence-electron chi connectivity index (χ2n) is 3.43. The van der Waals surface area contributed by atoms with Crippen molar-refractivity contribution in [1.82, 2.24) is 14.2 Å². The van der Waals surface area contributed by atoms with Crippen molar-refractivity contribution in [2.45, 2.75) is 6.54 Å². The molecule has 3 aromatic heterocycles. The van der Waals surface area contributed by atoms with E-state index in [1.165, 1.54) is 0 Å². The molecule has 0 spiro atoms. The Hall–Kier alpha value is -2.48. The maximum absolute atomic E-state index is 8.67. The van der Waals surface area contributed by atoms with Crippen molar-refractivity contribution in [3.63, 3.8) is 0 Å². The molecule has 0 atom stereocenters. The Morgan fingerprint density at radius 2 is 2.38 bits per heavy atom. The van der Waals surface area contributed by atoms with Gasteiger partial charge in [-0.1, -0.05) is 0 Å². The van der Waals surface area contributed by atoms with Crippen LogP contribution in [0.3, 0.4) is 0 Å². The average molecular weight is 212 g/mol. The van der Waals surface area contributed by atoms with Gasteiger partial charge < -0.3 is 8.98 Å². The highest BCUT2D eigenvalue weighted by atomic mass is 16.3. The Balaban J connectivity index is 2.14. The van der Waals surface area contributed by atoms with Crippen LogP contribution in [-0.2, 0) is 6.54 Å². The minimum atomic E-state index is 0.326. The van der Waals surface area contributed by atoms with E-state index in [0.717, 1.165) is 16.9 Å². The van der Waals surface area contributed by atoms with E-state index in [2.05, 4.69) is 11.2 Å². The number of imidazole rings is 1. The first-order valence-corrected chi connectivity index (χ1v) is 4.82. The van der Waals surface area contributed by atoms with Crippen LogP contribution in [0.2, 0.25) is 0 Å². The van der Waals surface area contributed by atoms with Gasteiger partial charge in [-0.2, -0.15) is 10.4 Å². The van der Waals surface area contributed by atoms with Crippen LogP contribution >= 0.6 is 0 Å². The van der Waals surface area contributed by atoms with Gasteiger partial charge in [-0.25, -0.2) is 4.52 Å². The summed E-state index contributed by atoms with van der Waals surface area (Å²) in [6, 6.07) is 5.90. The molecule has 0 aliphatic carbocycles. The summed E-state index contributed by atoms with van der Waals surface area (Å²) in [4.78, 5) is 0. The standard InChI is InChI=1S/C11H8N4O/c12-2-3-14-4-5-15-11(14)7-10(13-15)9-1-6-16-8-9/h1,4-8H,3H2. The third-order valence-electron chi connectivity index (χ3n) is 2.46. The van der Waals surface area contributed by atoms with Crippen molar-refractivity contribution in [3.05, 3.63) is 37.1 Å². The fourth-order valence-electron chi connectivity index (χ4n) is 1.69. The molecule has 0 unspecified atom stereocenters. The van der Waals surface area contributed by atoms with Crippen LogP contribution in [0.15, 0.2) is 41.5 Å². The molecule has 0 bridgehead atoms. The van der Waals surface area contributed by atoms with E-state index >= 15 is 0 Å². The molecule has 3 heterocycles. The quantitative estimate of drug-likeness (QED) is 0.652. The van der Waals surface area contributed by atoms with Gasteiger partial charge in [-0.3, -0.25) is 0 Å². The first-order valence-electron chi connectivity index (χ1n) is 4.82.